The van der Waals surface area contributed by atoms with Gasteiger partial charge in [0.15, 0.2) is 0 Å². The summed E-state index contributed by atoms with van der Waals surface area (Å²) in [7, 11) is 0. The van der Waals surface area contributed by atoms with Crippen molar-refractivity contribution in [3.05, 3.63) is 35.4 Å². The molecule has 1 aliphatic carbocycles. The molecular weight excluding hydrogens is 356 g/mol. The maximum atomic E-state index is 12.5. The van der Waals surface area contributed by atoms with Crippen molar-refractivity contribution in [2.45, 2.75) is 58.1 Å². The van der Waals surface area contributed by atoms with Gasteiger partial charge in [-0.2, -0.15) is 0 Å². The first-order valence-corrected chi connectivity index (χ1v) is 9.87. The number of nitrogens with one attached hydrogen (secondary N) is 2. The summed E-state index contributed by atoms with van der Waals surface area (Å²) in [5.74, 6) is 1.12. The summed E-state index contributed by atoms with van der Waals surface area (Å²) in [6.07, 6.45) is 5.88. The van der Waals surface area contributed by atoms with Gasteiger partial charge in [0.1, 0.15) is 11.4 Å². The lowest BCUT2D eigenvalue weighted by Gasteiger charge is -2.31. The summed E-state index contributed by atoms with van der Waals surface area (Å²) >= 11 is 0. The molecule has 2 aliphatic rings. The standard InChI is InChI=1S/C22H30N2O4/c1-21(2,3)28-20(26)23-14-22(4,17-7-8-17)24-19(25)10-6-15-5-9-18-16(13-15)11-12-27-18/h5-6,9-10,13,17H,7-8,11-12,14H2,1-4H3,(H,23,26)(H,24,25)/b10-6+. The van der Waals surface area contributed by atoms with Crippen molar-refractivity contribution in [2.75, 3.05) is 13.2 Å². The van der Waals surface area contributed by atoms with Crippen LogP contribution in [0.3, 0.4) is 0 Å². The summed E-state index contributed by atoms with van der Waals surface area (Å²) in [5, 5.41) is 5.87. The van der Waals surface area contributed by atoms with Gasteiger partial charge in [0.2, 0.25) is 5.91 Å². The van der Waals surface area contributed by atoms with E-state index in [1.807, 2.05) is 45.9 Å². The molecule has 0 bridgehead atoms. The molecule has 1 atom stereocenters. The topological polar surface area (TPSA) is 76.7 Å². The molecule has 1 aromatic rings. The Labute approximate surface area is 166 Å². The number of fused-ring (bicyclic) bond motifs is 1. The molecule has 1 heterocycles. The van der Waals surface area contributed by atoms with Crippen LogP contribution in [0.1, 0.15) is 51.7 Å². The van der Waals surface area contributed by atoms with Gasteiger partial charge in [-0.25, -0.2) is 4.79 Å². The summed E-state index contributed by atoms with van der Waals surface area (Å²) in [4.78, 5) is 24.5. The van der Waals surface area contributed by atoms with E-state index in [0.29, 0.717) is 19.1 Å². The minimum atomic E-state index is -0.549. The molecule has 28 heavy (non-hydrogen) atoms. The van der Waals surface area contributed by atoms with Crippen LogP contribution in [0.4, 0.5) is 4.79 Å². The zero-order chi connectivity index (χ0) is 20.4. The fourth-order valence-electron chi connectivity index (χ4n) is 3.39. The number of hydrogen-bond donors (Lipinski definition) is 2. The highest BCUT2D eigenvalue weighted by Crippen LogP contribution is 2.39. The lowest BCUT2D eigenvalue weighted by molar-refractivity contribution is -0.118. The van der Waals surface area contributed by atoms with Crippen LogP contribution in [0.15, 0.2) is 24.3 Å². The van der Waals surface area contributed by atoms with E-state index in [-0.39, 0.29) is 5.91 Å². The average molecular weight is 386 g/mol. The quantitative estimate of drug-likeness (QED) is 0.734. The number of carbonyl (C=O) groups is 2. The van der Waals surface area contributed by atoms with Crippen molar-refractivity contribution in [1.29, 1.82) is 0 Å². The van der Waals surface area contributed by atoms with E-state index in [4.69, 9.17) is 9.47 Å². The zero-order valence-electron chi connectivity index (χ0n) is 17.1. The van der Waals surface area contributed by atoms with E-state index in [1.54, 1.807) is 6.08 Å². The van der Waals surface area contributed by atoms with Gasteiger partial charge in [0.05, 0.1) is 12.1 Å². The molecule has 0 saturated heterocycles. The second kappa shape index (κ2) is 7.86. The molecule has 6 nitrogen and oxygen atoms in total. The van der Waals surface area contributed by atoms with E-state index < -0.39 is 17.2 Å². The highest BCUT2D eigenvalue weighted by atomic mass is 16.6. The minimum absolute atomic E-state index is 0.169. The number of carbonyl (C=O) groups excluding carboxylic acids is 2. The molecule has 1 unspecified atom stereocenters. The third-order valence-corrected chi connectivity index (χ3v) is 5.03. The maximum Gasteiger partial charge on any atom is 0.407 e. The van der Waals surface area contributed by atoms with Crippen LogP contribution in [0.25, 0.3) is 6.08 Å². The Morgan fingerprint density at radius 3 is 2.68 bits per heavy atom. The lowest BCUT2D eigenvalue weighted by atomic mass is 9.95. The van der Waals surface area contributed by atoms with Crippen LogP contribution in [0.5, 0.6) is 5.75 Å². The third-order valence-electron chi connectivity index (χ3n) is 5.03. The first kappa shape index (κ1) is 20.2. The number of alkyl carbamates (subject to hydrolysis) is 1. The highest BCUT2D eigenvalue weighted by molar-refractivity contribution is 5.92. The van der Waals surface area contributed by atoms with Crippen LogP contribution in [0, 0.1) is 5.92 Å². The van der Waals surface area contributed by atoms with Crippen molar-refractivity contribution in [2.24, 2.45) is 5.92 Å². The summed E-state index contributed by atoms with van der Waals surface area (Å²) < 4.78 is 10.8. The second-order valence-corrected chi connectivity index (χ2v) is 8.84. The number of rotatable bonds is 6. The van der Waals surface area contributed by atoms with Gasteiger partial charge in [-0.15, -0.1) is 0 Å². The van der Waals surface area contributed by atoms with Gasteiger partial charge in [-0.1, -0.05) is 6.07 Å². The third kappa shape index (κ3) is 5.50. The number of amides is 2. The van der Waals surface area contributed by atoms with Gasteiger partial charge in [0, 0.05) is 19.0 Å². The van der Waals surface area contributed by atoms with Gasteiger partial charge in [-0.05, 0) is 75.8 Å². The summed E-state index contributed by atoms with van der Waals surface area (Å²) in [6.45, 7) is 8.50. The van der Waals surface area contributed by atoms with Crippen LogP contribution >= 0.6 is 0 Å². The molecule has 1 saturated carbocycles. The van der Waals surface area contributed by atoms with Crippen molar-refractivity contribution in [3.8, 4) is 5.75 Å². The van der Waals surface area contributed by atoms with Crippen molar-refractivity contribution < 1.29 is 19.1 Å². The molecule has 6 heteroatoms. The minimum Gasteiger partial charge on any atom is -0.493 e. The Hall–Kier alpha value is -2.50. The number of benzene rings is 1. The van der Waals surface area contributed by atoms with Crippen molar-refractivity contribution in [1.82, 2.24) is 10.6 Å². The van der Waals surface area contributed by atoms with Gasteiger partial charge in [-0.3, -0.25) is 4.79 Å². The maximum absolute atomic E-state index is 12.5. The molecule has 0 spiro atoms. The first-order chi connectivity index (χ1) is 13.1. The summed E-state index contributed by atoms with van der Waals surface area (Å²) in [5.41, 5.74) is 1.10. The Bertz CT molecular complexity index is 777. The molecule has 3 rings (SSSR count). The van der Waals surface area contributed by atoms with Gasteiger partial charge >= 0.3 is 6.09 Å². The SMILES string of the molecule is CC(C)(C)OC(=O)NCC(C)(NC(=O)/C=C/c1ccc2c(c1)CCO2)C1CC1. The van der Waals surface area contributed by atoms with E-state index in [0.717, 1.165) is 30.6 Å². The molecule has 1 aromatic carbocycles. The molecule has 0 aromatic heterocycles. The van der Waals surface area contributed by atoms with E-state index in [1.165, 1.54) is 5.56 Å². The largest absolute Gasteiger partial charge is 0.493 e. The molecular formula is C22H30N2O4. The Balaban J connectivity index is 1.57. The van der Waals surface area contributed by atoms with E-state index in [2.05, 4.69) is 16.7 Å². The van der Waals surface area contributed by atoms with Crippen LogP contribution in [-0.4, -0.2) is 36.3 Å². The van der Waals surface area contributed by atoms with Crippen LogP contribution < -0.4 is 15.4 Å². The van der Waals surface area contributed by atoms with Crippen LogP contribution in [-0.2, 0) is 16.0 Å². The molecule has 0 radical (unpaired) electrons. The smallest absolute Gasteiger partial charge is 0.407 e. The normalized spacial score (nSPS) is 18.1. The molecule has 1 aliphatic heterocycles. The van der Waals surface area contributed by atoms with Crippen molar-refractivity contribution >= 4 is 18.1 Å². The monoisotopic (exact) mass is 386 g/mol. The van der Waals surface area contributed by atoms with E-state index >= 15 is 0 Å². The predicted octanol–water partition coefficient (Wildman–Crippen LogP) is 3.44. The average Bonchev–Trinajstić information content (AvgIpc) is 3.36. The number of ether oxygens (including phenoxy) is 2. The molecule has 152 valence electrons. The molecule has 2 amide bonds. The summed E-state index contributed by atoms with van der Waals surface area (Å²) in [6, 6.07) is 5.94. The fourth-order valence-corrected chi connectivity index (χ4v) is 3.39. The number of hydrogen-bond acceptors (Lipinski definition) is 4. The Kier molecular flexibility index (Phi) is 5.68. The fraction of sp³-hybridized carbons (Fsp3) is 0.545. The highest BCUT2D eigenvalue weighted by Gasteiger charge is 2.42. The molecule has 1 fully saturated rings. The zero-order valence-corrected chi connectivity index (χ0v) is 17.1. The van der Waals surface area contributed by atoms with Gasteiger partial charge < -0.3 is 20.1 Å². The Morgan fingerprint density at radius 1 is 1.25 bits per heavy atom. The predicted molar refractivity (Wildman–Crippen MR) is 108 cm³/mol. The first-order valence-electron chi connectivity index (χ1n) is 9.87. The van der Waals surface area contributed by atoms with Crippen LogP contribution in [0.2, 0.25) is 0 Å². The Morgan fingerprint density at radius 2 is 2.00 bits per heavy atom. The van der Waals surface area contributed by atoms with Crippen molar-refractivity contribution in [3.63, 3.8) is 0 Å². The van der Waals surface area contributed by atoms with E-state index in [9.17, 15) is 9.59 Å². The van der Waals surface area contributed by atoms with Gasteiger partial charge in [0.25, 0.3) is 0 Å². The molecule has 2 N–H and O–H groups in total. The second-order valence-electron chi connectivity index (χ2n) is 8.84. The lowest BCUT2D eigenvalue weighted by Crippen LogP contribution is -2.55.